The number of fused-ring (bicyclic) bond motifs is 1. The van der Waals surface area contributed by atoms with Gasteiger partial charge in [-0.05, 0) is 18.2 Å². The van der Waals surface area contributed by atoms with Gasteiger partial charge in [-0.15, -0.1) is 0 Å². The summed E-state index contributed by atoms with van der Waals surface area (Å²) >= 11 is 0. The van der Waals surface area contributed by atoms with Crippen molar-refractivity contribution in [2.45, 2.75) is 0 Å². The van der Waals surface area contributed by atoms with Crippen molar-refractivity contribution in [3.63, 3.8) is 0 Å². The first-order valence-corrected chi connectivity index (χ1v) is 6.60. The summed E-state index contributed by atoms with van der Waals surface area (Å²) in [5.41, 5.74) is -0.0949. The molecule has 1 N–H and O–H groups in total. The van der Waals surface area contributed by atoms with Gasteiger partial charge in [0.15, 0.2) is 6.61 Å². The molecule has 112 valence electrons. The highest BCUT2D eigenvalue weighted by molar-refractivity contribution is 5.88. The number of carbonyl (C=O) groups is 1. The lowest BCUT2D eigenvalue weighted by Crippen LogP contribution is -2.31. The van der Waals surface area contributed by atoms with Crippen LogP contribution in [0.1, 0.15) is 0 Å². The summed E-state index contributed by atoms with van der Waals surface area (Å²) < 4.78 is 11.9. The van der Waals surface area contributed by atoms with Crippen LogP contribution in [0.15, 0.2) is 35.3 Å². The van der Waals surface area contributed by atoms with Gasteiger partial charge >= 0.3 is 0 Å². The molecule has 1 aromatic carbocycles. The summed E-state index contributed by atoms with van der Waals surface area (Å²) in [6.45, 7) is 0.795. The molecule has 0 radical (unpaired) electrons. The highest BCUT2D eigenvalue weighted by Crippen LogP contribution is 2.22. The van der Waals surface area contributed by atoms with Crippen LogP contribution in [0.5, 0.6) is 5.75 Å². The first kappa shape index (κ1) is 15.1. The summed E-state index contributed by atoms with van der Waals surface area (Å²) in [4.78, 5) is 23.6. The molecule has 2 rings (SSSR count). The third-order valence-electron chi connectivity index (χ3n) is 3.07. The van der Waals surface area contributed by atoms with E-state index in [1.165, 1.54) is 4.57 Å². The van der Waals surface area contributed by atoms with E-state index in [1.807, 2.05) is 0 Å². The molecule has 0 spiro atoms. The molecule has 6 heteroatoms. The minimum atomic E-state index is -0.229. The Kier molecular flexibility index (Phi) is 4.94. The van der Waals surface area contributed by atoms with E-state index in [1.54, 1.807) is 44.6 Å². The van der Waals surface area contributed by atoms with Crippen molar-refractivity contribution >= 4 is 16.7 Å². The molecule has 1 amide bonds. The number of hydrogen-bond acceptors (Lipinski definition) is 4. The van der Waals surface area contributed by atoms with Crippen molar-refractivity contribution in [2.75, 3.05) is 26.9 Å². The van der Waals surface area contributed by atoms with Gasteiger partial charge in [-0.2, -0.15) is 0 Å². The van der Waals surface area contributed by atoms with E-state index in [0.717, 1.165) is 0 Å². The number of aromatic nitrogens is 1. The fourth-order valence-electron chi connectivity index (χ4n) is 1.96. The lowest BCUT2D eigenvalue weighted by Gasteiger charge is -2.10. The van der Waals surface area contributed by atoms with E-state index >= 15 is 0 Å². The number of methoxy groups -OCH3 is 1. The zero-order valence-electron chi connectivity index (χ0n) is 12.1. The monoisotopic (exact) mass is 290 g/mol. The van der Waals surface area contributed by atoms with Gasteiger partial charge in [0.2, 0.25) is 0 Å². The maximum atomic E-state index is 12.0. The number of pyridine rings is 1. The van der Waals surface area contributed by atoms with Crippen LogP contribution in [0.25, 0.3) is 10.8 Å². The van der Waals surface area contributed by atoms with Crippen LogP contribution in [0.4, 0.5) is 0 Å². The number of hydrogen-bond donors (Lipinski definition) is 1. The van der Waals surface area contributed by atoms with Crippen LogP contribution in [-0.2, 0) is 16.6 Å². The third-order valence-corrected chi connectivity index (χ3v) is 3.07. The predicted molar refractivity (Wildman–Crippen MR) is 79.6 cm³/mol. The zero-order valence-corrected chi connectivity index (χ0v) is 12.1. The van der Waals surface area contributed by atoms with E-state index in [-0.39, 0.29) is 18.1 Å². The Bertz CT molecular complexity index is 694. The fourth-order valence-corrected chi connectivity index (χ4v) is 1.96. The smallest absolute Gasteiger partial charge is 0.258 e. The second-order valence-corrected chi connectivity index (χ2v) is 4.58. The molecule has 0 saturated carbocycles. The number of aryl methyl sites for hydroxylation is 1. The molecule has 1 heterocycles. The first-order chi connectivity index (χ1) is 10.1. The minimum Gasteiger partial charge on any atom is -0.483 e. The van der Waals surface area contributed by atoms with E-state index < -0.39 is 0 Å². The lowest BCUT2D eigenvalue weighted by molar-refractivity contribution is -0.123. The van der Waals surface area contributed by atoms with Crippen LogP contribution in [0, 0.1) is 0 Å². The number of ether oxygens (including phenoxy) is 2. The SMILES string of the molecule is COCCNC(=O)COc1cccc2c(=O)n(C)ccc12. The third kappa shape index (κ3) is 3.61. The first-order valence-electron chi connectivity index (χ1n) is 6.60. The molecule has 0 aliphatic rings. The number of benzene rings is 1. The molecule has 0 saturated heterocycles. The summed E-state index contributed by atoms with van der Waals surface area (Å²) in [6.07, 6.45) is 1.68. The molecule has 0 bridgehead atoms. The molecule has 0 fully saturated rings. The second-order valence-electron chi connectivity index (χ2n) is 4.58. The maximum absolute atomic E-state index is 12.0. The van der Waals surface area contributed by atoms with Crippen molar-refractivity contribution in [3.8, 4) is 5.75 Å². The largest absolute Gasteiger partial charge is 0.483 e. The average molecular weight is 290 g/mol. The normalized spacial score (nSPS) is 10.6. The van der Waals surface area contributed by atoms with Gasteiger partial charge < -0.3 is 19.4 Å². The number of rotatable bonds is 6. The Balaban J connectivity index is 2.11. The van der Waals surface area contributed by atoms with Crippen LogP contribution < -0.4 is 15.6 Å². The molecule has 2 aromatic rings. The topological polar surface area (TPSA) is 69.6 Å². The van der Waals surface area contributed by atoms with Crippen molar-refractivity contribution in [3.05, 3.63) is 40.8 Å². The van der Waals surface area contributed by atoms with Gasteiger partial charge in [-0.3, -0.25) is 9.59 Å². The van der Waals surface area contributed by atoms with Crippen LogP contribution in [0.3, 0.4) is 0 Å². The van der Waals surface area contributed by atoms with Crippen LogP contribution in [-0.4, -0.2) is 37.3 Å². The molecule has 6 nitrogen and oxygen atoms in total. The van der Waals surface area contributed by atoms with Gasteiger partial charge in [0.1, 0.15) is 5.75 Å². The molecular weight excluding hydrogens is 272 g/mol. The van der Waals surface area contributed by atoms with Crippen LogP contribution >= 0.6 is 0 Å². The quantitative estimate of drug-likeness (QED) is 0.794. The minimum absolute atomic E-state index is 0.0949. The zero-order chi connectivity index (χ0) is 15.2. The molecule has 0 atom stereocenters. The molecule has 1 aromatic heterocycles. The Morgan fingerprint density at radius 3 is 2.86 bits per heavy atom. The van der Waals surface area contributed by atoms with Gasteiger partial charge in [-0.1, -0.05) is 6.07 Å². The Labute approximate surface area is 122 Å². The van der Waals surface area contributed by atoms with Crippen molar-refractivity contribution < 1.29 is 14.3 Å². The summed E-state index contributed by atoms with van der Waals surface area (Å²) in [6, 6.07) is 7.02. The Morgan fingerprint density at radius 1 is 1.29 bits per heavy atom. The number of carbonyl (C=O) groups excluding carboxylic acids is 1. The lowest BCUT2D eigenvalue weighted by atomic mass is 10.1. The predicted octanol–water partition coefficient (Wildman–Crippen LogP) is 0.680. The molecule has 0 unspecified atom stereocenters. The number of nitrogens with one attached hydrogen (secondary N) is 1. The van der Waals surface area contributed by atoms with Crippen molar-refractivity contribution in [1.29, 1.82) is 0 Å². The van der Waals surface area contributed by atoms with Gasteiger partial charge in [0.05, 0.1) is 12.0 Å². The number of amides is 1. The molecule has 0 aliphatic heterocycles. The van der Waals surface area contributed by atoms with E-state index in [9.17, 15) is 9.59 Å². The van der Waals surface area contributed by atoms with Gasteiger partial charge in [-0.25, -0.2) is 0 Å². The van der Waals surface area contributed by atoms with E-state index in [0.29, 0.717) is 29.7 Å². The van der Waals surface area contributed by atoms with E-state index in [4.69, 9.17) is 9.47 Å². The number of nitrogens with zero attached hydrogens (tertiary/aromatic N) is 1. The van der Waals surface area contributed by atoms with Crippen molar-refractivity contribution in [2.24, 2.45) is 7.05 Å². The molecule has 0 aliphatic carbocycles. The summed E-state index contributed by atoms with van der Waals surface area (Å²) in [7, 11) is 3.26. The van der Waals surface area contributed by atoms with E-state index in [2.05, 4.69) is 5.32 Å². The van der Waals surface area contributed by atoms with Gasteiger partial charge in [0, 0.05) is 32.3 Å². The highest BCUT2D eigenvalue weighted by atomic mass is 16.5. The molecular formula is C15H18N2O4. The fraction of sp³-hybridized carbons (Fsp3) is 0.333. The van der Waals surface area contributed by atoms with Crippen LogP contribution in [0.2, 0.25) is 0 Å². The maximum Gasteiger partial charge on any atom is 0.258 e. The Hall–Kier alpha value is -2.34. The Morgan fingerprint density at radius 2 is 2.10 bits per heavy atom. The highest BCUT2D eigenvalue weighted by Gasteiger charge is 2.08. The molecule has 21 heavy (non-hydrogen) atoms. The average Bonchev–Trinajstić information content (AvgIpc) is 2.49. The van der Waals surface area contributed by atoms with Gasteiger partial charge in [0.25, 0.3) is 11.5 Å². The second kappa shape index (κ2) is 6.90. The summed E-state index contributed by atoms with van der Waals surface area (Å²) in [5.74, 6) is 0.292. The standard InChI is InChI=1S/C15H18N2O4/c1-17-8-6-11-12(15(17)19)4-3-5-13(11)21-10-14(18)16-7-9-20-2/h3-6,8H,7,9-10H2,1-2H3,(H,16,18). The summed E-state index contributed by atoms with van der Waals surface area (Å²) in [5, 5.41) is 3.93. The van der Waals surface area contributed by atoms with Crippen molar-refractivity contribution in [1.82, 2.24) is 9.88 Å².